The summed E-state index contributed by atoms with van der Waals surface area (Å²) < 4.78 is 1.97. The normalized spacial score (nSPS) is 10.9. The van der Waals surface area contributed by atoms with Gasteiger partial charge in [-0.3, -0.25) is 14.9 Å². The Morgan fingerprint density at radius 2 is 1.96 bits per heavy atom. The summed E-state index contributed by atoms with van der Waals surface area (Å²) in [5, 5.41) is 13.5. The van der Waals surface area contributed by atoms with Crippen molar-refractivity contribution in [2.75, 3.05) is 0 Å². The van der Waals surface area contributed by atoms with Crippen molar-refractivity contribution in [2.24, 2.45) is 0 Å². The van der Waals surface area contributed by atoms with Gasteiger partial charge in [0.05, 0.1) is 10.6 Å². The fourth-order valence-electron chi connectivity index (χ4n) is 2.65. The zero-order valence-corrected chi connectivity index (χ0v) is 14.7. The number of amides is 1. The van der Waals surface area contributed by atoms with E-state index in [1.54, 1.807) is 24.4 Å². The first-order valence-electron chi connectivity index (χ1n) is 8.33. The van der Waals surface area contributed by atoms with Gasteiger partial charge in [-0.05, 0) is 42.3 Å². The summed E-state index contributed by atoms with van der Waals surface area (Å²) in [4.78, 5) is 26.5. The van der Waals surface area contributed by atoms with E-state index in [9.17, 15) is 14.9 Å². The van der Waals surface area contributed by atoms with Gasteiger partial charge in [-0.1, -0.05) is 18.2 Å². The number of non-ortho nitro benzene ring substituents is 1. The predicted molar refractivity (Wildman–Crippen MR) is 102 cm³/mol. The standard InChI is InChI=1S/C20H18N4O3/c1-15-21-12-13-23(15)19-5-3-2-4-17(19)14-22-20(25)11-8-16-6-9-18(10-7-16)24(26)27/h2-13H,14H2,1H3,(H,22,25)/b11-8+. The number of hydrogen-bond donors (Lipinski definition) is 1. The zero-order chi connectivity index (χ0) is 19.2. The predicted octanol–water partition coefficient (Wildman–Crippen LogP) is 3.42. The molecule has 1 heterocycles. The van der Waals surface area contributed by atoms with Crippen LogP contribution in [0.2, 0.25) is 0 Å². The number of carbonyl (C=O) groups is 1. The van der Waals surface area contributed by atoms with Crippen molar-refractivity contribution in [1.82, 2.24) is 14.9 Å². The summed E-state index contributed by atoms with van der Waals surface area (Å²) in [7, 11) is 0. The number of carbonyl (C=O) groups excluding carboxylic acids is 1. The largest absolute Gasteiger partial charge is 0.348 e. The highest BCUT2D eigenvalue weighted by Crippen LogP contribution is 2.16. The minimum absolute atomic E-state index is 0.0167. The molecule has 27 heavy (non-hydrogen) atoms. The van der Waals surface area contributed by atoms with Crippen LogP contribution in [0.5, 0.6) is 0 Å². The lowest BCUT2D eigenvalue weighted by atomic mass is 10.1. The molecule has 0 unspecified atom stereocenters. The van der Waals surface area contributed by atoms with Gasteiger partial charge in [0.2, 0.25) is 5.91 Å². The van der Waals surface area contributed by atoms with Crippen molar-refractivity contribution in [3.8, 4) is 5.69 Å². The number of aryl methyl sites for hydroxylation is 1. The average molecular weight is 362 g/mol. The highest BCUT2D eigenvalue weighted by Gasteiger charge is 2.07. The molecule has 1 N–H and O–H groups in total. The van der Waals surface area contributed by atoms with Gasteiger partial charge < -0.3 is 9.88 Å². The SMILES string of the molecule is Cc1nccn1-c1ccccc1CNC(=O)/C=C/c1ccc([N+](=O)[O-])cc1. The van der Waals surface area contributed by atoms with Crippen molar-refractivity contribution in [1.29, 1.82) is 0 Å². The topological polar surface area (TPSA) is 90.1 Å². The third-order valence-electron chi connectivity index (χ3n) is 4.06. The summed E-state index contributed by atoms with van der Waals surface area (Å²) >= 11 is 0. The van der Waals surface area contributed by atoms with Crippen LogP contribution in [0.25, 0.3) is 11.8 Å². The van der Waals surface area contributed by atoms with Crippen LogP contribution in [0.3, 0.4) is 0 Å². The van der Waals surface area contributed by atoms with Crippen LogP contribution in [-0.2, 0) is 11.3 Å². The maximum Gasteiger partial charge on any atom is 0.269 e. The summed E-state index contributed by atoms with van der Waals surface area (Å²) in [5.41, 5.74) is 2.66. The maximum atomic E-state index is 12.1. The van der Waals surface area contributed by atoms with Gasteiger partial charge in [-0.25, -0.2) is 4.98 Å². The molecule has 0 atom stereocenters. The monoisotopic (exact) mass is 362 g/mol. The molecule has 7 nitrogen and oxygen atoms in total. The molecule has 3 rings (SSSR count). The van der Waals surface area contributed by atoms with Gasteiger partial charge in [0.25, 0.3) is 5.69 Å². The first-order valence-corrected chi connectivity index (χ1v) is 8.33. The number of nitrogens with zero attached hydrogens (tertiary/aromatic N) is 3. The Hall–Kier alpha value is -3.74. The summed E-state index contributed by atoms with van der Waals surface area (Å²) in [6, 6.07) is 13.8. The Morgan fingerprint density at radius 1 is 1.22 bits per heavy atom. The molecule has 0 aliphatic heterocycles. The van der Waals surface area contributed by atoms with E-state index in [4.69, 9.17) is 0 Å². The molecule has 0 saturated heterocycles. The van der Waals surface area contributed by atoms with E-state index in [0.717, 1.165) is 17.1 Å². The molecule has 0 spiro atoms. The first kappa shape index (κ1) is 18.1. The number of benzene rings is 2. The first-order chi connectivity index (χ1) is 13.0. The second-order valence-corrected chi connectivity index (χ2v) is 5.87. The van der Waals surface area contributed by atoms with Crippen LogP contribution in [0.1, 0.15) is 17.0 Å². The van der Waals surface area contributed by atoms with Crippen molar-refractivity contribution < 1.29 is 9.72 Å². The van der Waals surface area contributed by atoms with Crippen LogP contribution in [0.15, 0.2) is 67.0 Å². The molecule has 3 aromatic rings. The fraction of sp³-hybridized carbons (Fsp3) is 0.100. The maximum absolute atomic E-state index is 12.1. The van der Waals surface area contributed by atoms with E-state index < -0.39 is 4.92 Å². The van der Waals surface area contributed by atoms with E-state index in [0.29, 0.717) is 12.1 Å². The molecule has 0 aliphatic rings. The van der Waals surface area contributed by atoms with Crippen molar-refractivity contribution in [3.05, 3.63) is 94.1 Å². The second-order valence-electron chi connectivity index (χ2n) is 5.87. The minimum Gasteiger partial charge on any atom is -0.348 e. The molecule has 0 fully saturated rings. The number of hydrogen-bond acceptors (Lipinski definition) is 4. The smallest absolute Gasteiger partial charge is 0.269 e. The molecule has 1 amide bonds. The summed E-state index contributed by atoms with van der Waals surface area (Å²) in [5.74, 6) is 0.623. The fourth-order valence-corrected chi connectivity index (χ4v) is 2.65. The number of nitro benzene ring substituents is 1. The van der Waals surface area contributed by atoms with Crippen LogP contribution >= 0.6 is 0 Å². The van der Waals surface area contributed by atoms with Crippen LogP contribution in [0.4, 0.5) is 5.69 Å². The highest BCUT2D eigenvalue weighted by molar-refractivity contribution is 5.91. The molecule has 7 heteroatoms. The van der Waals surface area contributed by atoms with Crippen LogP contribution < -0.4 is 5.32 Å². The number of imidazole rings is 1. The van der Waals surface area contributed by atoms with Crippen molar-refractivity contribution >= 4 is 17.7 Å². The summed E-state index contributed by atoms with van der Waals surface area (Å²) in [6.45, 7) is 2.29. The molecule has 0 radical (unpaired) electrons. The number of aromatic nitrogens is 2. The van der Waals surface area contributed by atoms with Crippen LogP contribution in [0, 0.1) is 17.0 Å². The van der Waals surface area contributed by atoms with E-state index >= 15 is 0 Å². The van der Waals surface area contributed by atoms with E-state index in [2.05, 4.69) is 10.3 Å². The van der Waals surface area contributed by atoms with Crippen molar-refractivity contribution in [2.45, 2.75) is 13.5 Å². The molecule has 0 aliphatic carbocycles. The second kappa shape index (κ2) is 8.09. The number of nitro groups is 1. The Labute approximate surface area is 156 Å². The Balaban J connectivity index is 1.64. The zero-order valence-electron chi connectivity index (χ0n) is 14.7. The van der Waals surface area contributed by atoms with Gasteiger partial charge >= 0.3 is 0 Å². The van der Waals surface area contributed by atoms with Crippen molar-refractivity contribution in [3.63, 3.8) is 0 Å². The molecule has 0 saturated carbocycles. The van der Waals surface area contributed by atoms with Gasteiger partial charge in [-0.2, -0.15) is 0 Å². The average Bonchev–Trinajstić information content (AvgIpc) is 3.11. The van der Waals surface area contributed by atoms with Crippen LogP contribution in [-0.4, -0.2) is 20.4 Å². The van der Waals surface area contributed by atoms with Gasteiger partial charge in [0, 0.05) is 37.1 Å². The third kappa shape index (κ3) is 4.46. The third-order valence-corrected chi connectivity index (χ3v) is 4.06. The minimum atomic E-state index is -0.459. The molecular formula is C20H18N4O3. The lowest BCUT2D eigenvalue weighted by Gasteiger charge is -2.12. The Bertz CT molecular complexity index is 990. The quantitative estimate of drug-likeness (QED) is 0.413. The van der Waals surface area contributed by atoms with E-state index in [1.165, 1.54) is 18.2 Å². The molecular weight excluding hydrogens is 344 g/mol. The lowest BCUT2D eigenvalue weighted by molar-refractivity contribution is -0.384. The van der Waals surface area contributed by atoms with Gasteiger partial charge in [0.1, 0.15) is 5.82 Å². The Morgan fingerprint density at radius 3 is 2.63 bits per heavy atom. The number of rotatable bonds is 6. The Kier molecular flexibility index (Phi) is 5.41. The molecule has 136 valence electrons. The number of nitrogens with one attached hydrogen (secondary N) is 1. The summed E-state index contributed by atoms with van der Waals surface area (Å²) in [6.07, 6.45) is 6.64. The van der Waals surface area contributed by atoms with Gasteiger partial charge in [0.15, 0.2) is 0 Å². The van der Waals surface area contributed by atoms with Gasteiger partial charge in [-0.15, -0.1) is 0 Å². The lowest BCUT2D eigenvalue weighted by Crippen LogP contribution is -2.21. The molecule has 2 aromatic carbocycles. The van der Waals surface area contributed by atoms with E-state index in [1.807, 2.05) is 42.0 Å². The van der Waals surface area contributed by atoms with E-state index in [-0.39, 0.29) is 11.6 Å². The highest BCUT2D eigenvalue weighted by atomic mass is 16.6. The number of para-hydroxylation sites is 1. The molecule has 1 aromatic heterocycles. The molecule has 0 bridgehead atoms.